The van der Waals surface area contributed by atoms with Crippen LogP contribution in [0.15, 0.2) is 0 Å². The first-order valence-electron chi connectivity index (χ1n) is 3.77. The van der Waals surface area contributed by atoms with Crippen LogP contribution in [0.5, 0.6) is 0 Å². The molecule has 0 spiro atoms. The summed E-state index contributed by atoms with van der Waals surface area (Å²) in [5.74, 6) is -0.540. The number of esters is 1. The third-order valence-electron chi connectivity index (χ3n) is 1.49. The number of hydrogen-bond acceptors (Lipinski definition) is 4. The van der Waals surface area contributed by atoms with E-state index < -0.39 is 12.2 Å². The van der Waals surface area contributed by atoms with Gasteiger partial charge < -0.3 is 4.74 Å². The van der Waals surface area contributed by atoms with Gasteiger partial charge in [-0.1, -0.05) is 12.2 Å². The van der Waals surface area contributed by atoms with Crippen LogP contribution in [0.3, 0.4) is 0 Å². The molecule has 6 heteroatoms. The molecular formula is C7H10N2O3S. The number of hydrogen-bond donors (Lipinski definition) is 1. The predicted molar refractivity (Wildman–Crippen MR) is 48.4 cm³/mol. The van der Waals surface area contributed by atoms with Gasteiger partial charge in [-0.05, 0) is 6.92 Å². The van der Waals surface area contributed by atoms with Crippen LogP contribution in [-0.4, -0.2) is 28.1 Å². The van der Waals surface area contributed by atoms with Gasteiger partial charge in [0.05, 0.1) is 11.4 Å². The number of carbonyl (C=O) groups excluding carboxylic acids is 2. The fourth-order valence-corrected chi connectivity index (χ4v) is 1.08. The van der Waals surface area contributed by atoms with Crippen molar-refractivity contribution >= 4 is 29.1 Å². The molecule has 1 aliphatic rings. The van der Waals surface area contributed by atoms with Gasteiger partial charge in [0.1, 0.15) is 0 Å². The van der Waals surface area contributed by atoms with Crippen LogP contribution in [0.2, 0.25) is 0 Å². The molecule has 1 amide bonds. The number of amides is 1. The largest absolute Gasteiger partial charge is 0.439 e. The predicted octanol–water partition coefficient (Wildman–Crippen LogP) is -0.0402. The molecule has 1 saturated heterocycles. The Labute approximate surface area is 81.0 Å². The molecule has 1 fully saturated rings. The lowest BCUT2D eigenvalue weighted by Gasteiger charge is -2.38. The third kappa shape index (κ3) is 2.38. The molecule has 1 aliphatic heterocycles. The van der Waals surface area contributed by atoms with Crippen molar-refractivity contribution in [3.8, 4) is 0 Å². The summed E-state index contributed by atoms with van der Waals surface area (Å²) >= 11 is 4.75. The van der Waals surface area contributed by atoms with Crippen molar-refractivity contribution in [3.63, 3.8) is 0 Å². The van der Waals surface area contributed by atoms with Crippen LogP contribution < -0.4 is 5.43 Å². The molecule has 1 rings (SSSR count). The minimum absolute atomic E-state index is 0.129. The number of β-lactam (4-membered cyclic amide) rings is 1. The maximum atomic E-state index is 11.0. The highest BCUT2D eigenvalue weighted by atomic mass is 32.1. The molecule has 5 nitrogen and oxygen atoms in total. The van der Waals surface area contributed by atoms with Crippen molar-refractivity contribution in [1.82, 2.24) is 10.4 Å². The zero-order valence-electron chi connectivity index (χ0n) is 7.36. The maximum Gasteiger partial charge on any atom is 0.304 e. The van der Waals surface area contributed by atoms with Crippen LogP contribution in [0, 0.1) is 0 Å². The first-order chi connectivity index (χ1) is 6.00. The molecule has 0 saturated carbocycles. The fraction of sp³-hybridized carbons (Fsp3) is 0.571. The van der Waals surface area contributed by atoms with Crippen molar-refractivity contribution in [2.45, 2.75) is 26.5 Å². The molecule has 1 atom stereocenters. The van der Waals surface area contributed by atoms with E-state index in [-0.39, 0.29) is 12.3 Å². The van der Waals surface area contributed by atoms with Gasteiger partial charge in [-0.15, -0.1) is 0 Å². The molecule has 1 N–H and O–H groups in total. The Morgan fingerprint density at radius 3 is 2.69 bits per heavy atom. The van der Waals surface area contributed by atoms with Gasteiger partial charge in [-0.2, -0.15) is 0 Å². The number of ether oxygens (including phenoxy) is 1. The summed E-state index contributed by atoms with van der Waals surface area (Å²) in [6.45, 7) is 2.94. The summed E-state index contributed by atoms with van der Waals surface area (Å²) in [6, 6.07) is 0. The Morgan fingerprint density at radius 2 is 2.31 bits per heavy atom. The van der Waals surface area contributed by atoms with Gasteiger partial charge in [0.15, 0.2) is 0 Å². The first kappa shape index (κ1) is 9.91. The second-order valence-electron chi connectivity index (χ2n) is 2.70. The Bertz CT molecular complexity index is 266. The molecule has 0 bridgehead atoms. The van der Waals surface area contributed by atoms with E-state index in [1.165, 1.54) is 11.9 Å². The van der Waals surface area contributed by atoms with E-state index in [0.29, 0.717) is 4.99 Å². The summed E-state index contributed by atoms with van der Waals surface area (Å²) in [7, 11) is 0. The minimum Gasteiger partial charge on any atom is -0.439 e. The highest BCUT2D eigenvalue weighted by Gasteiger charge is 2.39. The molecule has 1 heterocycles. The minimum atomic E-state index is -0.511. The Balaban J connectivity index is 2.46. The number of nitrogens with zero attached hydrogens (tertiary/aromatic N) is 1. The van der Waals surface area contributed by atoms with E-state index in [1.807, 2.05) is 0 Å². The summed E-state index contributed by atoms with van der Waals surface area (Å²) in [5, 5.41) is 1.21. The molecule has 0 aromatic carbocycles. The lowest BCUT2D eigenvalue weighted by Crippen LogP contribution is -2.61. The van der Waals surface area contributed by atoms with Crippen LogP contribution in [-0.2, 0) is 14.3 Å². The van der Waals surface area contributed by atoms with E-state index >= 15 is 0 Å². The van der Waals surface area contributed by atoms with E-state index in [0.717, 1.165) is 0 Å². The van der Waals surface area contributed by atoms with Gasteiger partial charge in [-0.3, -0.25) is 15.0 Å². The molecule has 72 valence electrons. The molecule has 0 aliphatic carbocycles. The Kier molecular flexibility index (Phi) is 2.82. The lowest BCUT2D eigenvalue weighted by atomic mass is 10.2. The second-order valence-corrected chi connectivity index (χ2v) is 3.31. The highest BCUT2D eigenvalue weighted by Crippen LogP contribution is 2.17. The Morgan fingerprint density at radius 1 is 1.69 bits per heavy atom. The highest BCUT2D eigenvalue weighted by molar-refractivity contribution is 7.80. The van der Waals surface area contributed by atoms with Gasteiger partial charge in [-0.25, -0.2) is 5.01 Å². The van der Waals surface area contributed by atoms with Crippen LogP contribution in [0.4, 0.5) is 0 Å². The van der Waals surface area contributed by atoms with Crippen LogP contribution in [0.25, 0.3) is 0 Å². The standard InChI is InChI=1S/C7H10N2O3S/c1-4(13)8-9-6(11)3-7(9)12-5(2)10/h7H,3H2,1-2H3,(H,8,13)/t7-/m0/s1. The first-order valence-corrected chi connectivity index (χ1v) is 4.18. The molecule has 13 heavy (non-hydrogen) atoms. The molecule has 0 radical (unpaired) electrons. The molecular weight excluding hydrogens is 192 g/mol. The SMILES string of the molecule is CC(=O)O[C@H]1CC(=O)N1NC(C)=S. The zero-order chi connectivity index (χ0) is 10.0. The van der Waals surface area contributed by atoms with E-state index in [2.05, 4.69) is 5.43 Å². The van der Waals surface area contributed by atoms with Gasteiger partial charge in [0, 0.05) is 6.92 Å². The number of hydrazine groups is 1. The quantitative estimate of drug-likeness (QED) is 0.387. The van der Waals surface area contributed by atoms with Crippen LogP contribution in [0.1, 0.15) is 20.3 Å². The van der Waals surface area contributed by atoms with Crippen molar-refractivity contribution < 1.29 is 14.3 Å². The maximum absolute atomic E-state index is 11.0. The lowest BCUT2D eigenvalue weighted by molar-refractivity contribution is -0.186. The summed E-state index contributed by atoms with van der Waals surface area (Å²) in [6.07, 6.45) is -0.294. The van der Waals surface area contributed by atoms with Gasteiger partial charge in [0.2, 0.25) is 12.1 Å². The molecule has 0 unspecified atom stereocenters. The zero-order valence-corrected chi connectivity index (χ0v) is 8.18. The topological polar surface area (TPSA) is 58.6 Å². The number of nitrogens with one attached hydrogen (secondary N) is 1. The van der Waals surface area contributed by atoms with Crippen molar-refractivity contribution in [2.75, 3.05) is 0 Å². The van der Waals surface area contributed by atoms with Crippen LogP contribution >= 0.6 is 12.2 Å². The van der Waals surface area contributed by atoms with Crippen molar-refractivity contribution in [3.05, 3.63) is 0 Å². The average molecular weight is 202 g/mol. The van der Waals surface area contributed by atoms with Gasteiger partial charge >= 0.3 is 5.97 Å². The van der Waals surface area contributed by atoms with Crippen molar-refractivity contribution in [2.24, 2.45) is 0 Å². The molecule has 0 aromatic heterocycles. The second kappa shape index (κ2) is 3.69. The third-order valence-corrected chi connectivity index (χ3v) is 1.58. The number of carbonyl (C=O) groups is 2. The summed E-state index contributed by atoms with van der Waals surface area (Å²) in [4.78, 5) is 22.0. The number of thiocarbonyl (C=S) groups is 1. The van der Waals surface area contributed by atoms with E-state index in [1.54, 1.807) is 6.92 Å². The smallest absolute Gasteiger partial charge is 0.304 e. The van der Waals surface area contributed by atoms with Crippen molar-refractivity contribution in [1.29, 1.82) is 0 Å². The normalized spacial score (nSPS) is 20.6. The molecule has 0 aromatic rings. The fourth-order valence-electron chi connectivity index (χ4n) is 0.977. The Hall–Kier alpha value is -1.17. The van der Waals surface area contributed by atoms with E-state index in [4.69, 9.17) is 17.0 Å². The van der Waals surface area contributed by atoms with E-state index in [9.17, 15) is 9.59 Å². The summed E-state index contributed by atoms with van der Waals surface area (Å²) in [5.41, 5.74) is 2.62. The summed E-state index contributed by atoms with van der Waals surface area (Å²) < 4.78 is 4.81. The monoisotopic (exact) mass is 202 g/mol. The average Bonchev–Trinajstić information content (AvgIpc) is 1.99. The van der Waals surface area contributed by atoms with Gasteiger partial charge in [0.25, 0.3) is 0 Å². The number of rotatable bonds is 2.